The molecule has 1 aromatic heterocycles. The minimum atomic E-state index is -0.404. The number of rotatable bonds is 8. The van der Waals surface area contributed by atoms with Crippen molar-refractivity contribution in [3.8, 4) is 17.0 Å². The first kappa shape index (κ1) is 18.0. The molecular formula is C19H19N3O3S. The van der Waals surface area contributed by atoms with Gasteiger partial charge in [0, 0.05) is 36.0 Å². The number of non-ortho nitro benzene ring substituents is 1. The van der Waals surface area contributed by atoms with Crippen LogP contribution in [0.15, 0.2) is 53.9 Å². The predicted molar refractivity (Wildman–Crippen MR) is 103 cm³/mol. The molecule has 0 spiro atoms. The summed E-state index contributed by atoms with van der Waals surface area (Å²) < 4.78 is 5.93. The maximum Gasteiger partial charge on any atom is 0.270 e. The number of hydrogen-bond acceptors (Lipinski definition) is 6. The van der Waals surface area contributed by atoms with E-state index >= 15 is 0 Å². The molecule has 0 radical (unpaired) electrons. The molecule has 0 aliphatic carbocycles. The number of likely N-dealkylation sites (N-methyl/N-ethyl adjacent to an activating group) is 1. The van der Waals surface area contributed by atoms with E-state index in [1.165, 1.54) is 12.1 Å². The molecule has 1 heterocycles. The molecule has 0 aliphatic rings. The van der Waals surface area contributed by atoms with E-state index in [4.69, 9.17) is 4.74 Å². The first-order chi connectivity index (χ1) is 12.7. The van der Waals surface area contributed by atoms with Crippen LogP contribution in [0.3, 0.4) is 0 Å². The van der Waals surface area contributed by atoms with Gasteiger partial charge in [-0.1, -0.05) is 30.3 Å². The van der Waals surface area contributed by atoms with Crippen LogP contribution >= 0.6 is 11.3 Å². The van der Waals surface area contributed by atoms with Gasteiger partial charge in [0.15, 0.2) is 0 Å². The Balaban J connectivity index is 1.88. The number of aromatic nitrogens is 1. The first-order valence-corrected chi connectivity index (χ1v) is 9.10. The van der Waals surface area contributed by atoms with E-state index in [0.717, 1.165) is 23.5 Å². The monoisotopic (exact) mass is 369 g/mol. The van der Waals surface area contributed by atoms with Crippen LogP contribution in [0.25, 0.3) is 11.3 Å². The Morgan fingerprint density at radius 1 is 1.23 bits per heavy atom. The van der Waals surface area contributed by atoms with Gasteiger partial charge in [0.2, 0.25) is 0 Å². The van der Waals surface area contributed by atoms with Gasteiger partial charge in [0.25, 0.3) is 5.69 Å². The van der Waals surface area contributed by atoms with Gasteiger partial charge in [-0.3, -0.25) is 10.1 Å². The molecule has 3 rings (SSSR count). The van der Waals surface area contributed by atoms with E-state index in [1.807, 2.05) is 42.8 Å². The molecule has 26 heavy (non-hydrogen) atoms. The lowest BCUT2D eigenvalue weighted by Gasteiger charge is -2.10. The summed E-state index contributed by atoms with van der Waals surface area (Å²) in [5.74, 6) is 0.588. The number of nitrogens with zero attached hydrogens (tertiary/aromatic N) is 2. The Hall–Kier alpha value is -2.77. The average Bonchev–Trinajstić information content (AvgIpc) is 3.14. The Labute approximate surface area is 155 Å². The molecule has 7 heteroatoms. The third-order valence-electron chi connectivity index (χ3n) is 3.83. The molecule has 0 saturated heterocycles. The zero-order chi connectivity index (χ0) is 18.4. The molecule has 134 valence electrons. The number of benzene rings is 2. The normalized spacial score (nSPS) is 10.7. The van der Waals surface area contributed by atoms with Crippen LogP contribution in [0.5, 0.6) is 5.75 Å². The highest BCUT2D eigenvalue weighted by atomic mass is 32.1. The summed E-state index contributed by atoms with van der Waals surface area (Å²) in [5, 5.41) is 17.1. The zero-order valence-corrected chi connectivity index (χ0v) is 15.2. The Kier molecular flexibility index (Phi) is 5.93. The maximum absolute atomic E-state index is 11.2. The number of nitro groups is 1. The fourth-order valence-electron chi connectivity index (χ4n) is 2.47. The molecule has 6 nitrogen and oxygen atoms in total. The average molecular weight is 369 g/mol. The van der Waals surface area contributed by atoms with Crippen molar-refractivity contribution in [1.29, 1.82) is 0 Å². The van der Waals surface area contributed by atoms with Crippen molar-refractivity contribution in [2.45, 2.75) is 13.0 Å². The lowest BCUT2D eigenvalue weighted by Crippen LogP contribution is -2.09. The summed E-state index contributed by atoms with van der Waals surface area (Å²) in [4.78, 5) is 15.4. The molecule has 0 atom stereocenters. The molecule has 0 fully saturated rings. The van der Waals surface area contributed by atoms with Crippen molar-refractivity contribution in [3.05, 3.63) is 74.6 Å². The fraction of sp³-hybridized carbons (Fsp3) is 0.211. The maximum atomic E-state index is 11.2. The zero-order valence-electron chi connectivity index (χ0n) is 14.3. The van der Waals surface area contributed by atoms with E-state index in [-0.39, 0.29) is 5.69 Å². The Morgan fingerprint density at radius 3 is 2.77 bits per heavy atom. The molecular weight excluding hydrogens is 350 g/mol. The highest BCUT2D eigenvalue weighted by Gasteiger charge is 2.16. The SMILES string of the molecule is CNCCc1nc(-c2cc([N+](=O)[O-])ccc2OCc2ccccc2)cs1. The summed E-state index contributed by atoms with van der Waals surface area (Å²) in [6.45, 7) is 1.22. The molecule has 2 aromatic carbocycles. The Morgan fingerprint density at radius 2 is 2.04 bits per heavy atom. The van der Waals surface area contributed by atoms with Crippen molar-refractivity contribution >= 4 is 17.0 Å². The van der Waals surface area contributed by atoms with Gasteiger partial charge in [-0.25, -0.2) is 4.98 Å². The molecule has 0 amide bonds. The van der Waals surface area contributed by atoms with Crippen LogP contribution in [0, 0.1) is 10.1 Å². The number of nitrogens with one attached hydrogen (secondary N) is 1. The van der Waals surface area contributed by atoms with Crippen molar-refractivity contribution in [3.63, 3.8) is 0 Å². The number of thiazole rings is 1. The van der Waals surface area contributed by atoms with E-state index in [0.29, 0.717) is 23.6 Å². The smallest absolute Gasteiger partial charge is 0.270 e. The van der Waals surface area contributed by atoms with E-state index in [1.54, 1.807) is 17.4 Å². The first-order valence-electron chi connectivity index (χ1n) is 8.22. The van der Waals surface area contributed by atoms with Gasteiger partial charge in [-0.15, -0.1) is 11.3 Å². The molecule has 1 N–H and O–H groups in total. The molecule has 0 unspecified atom stereocenters. The van der Waals surface area contributed by atoms with Crippen LogP contribution in [-0.4, -0.2) is 23.5 Å². The standard InChI is InChI=1S/C19H19N3O3S/c1-20-10-9-19-21-17(13-26-19)16-11-15(22(23)24)7-8-18(16)25-12-14-5-3-2-4-6-14/h2-8,11,13,20H,9-10,12H2,1H3. The van der Waals surface area contributed by atoms with E-state index in [2.05, 4.69) is 10.3 Å². The lowest BCUT2D eigenvalue weighted by molar-refractivity contribution is -0.384. The summed E-state index contributed by atoms with van der Waals surface area (Å²) in [6.07, 6.45) is 0.816. The largest absolute Gasteiger partial charge is 0.488 e. The highest BCUT2D eigenvalue weighted by Crippen LogP contribution is 2.34. The van der Waals surface area contributed by atoms with Crippen LogP contribution < -0.4 is 10.1 Å². The molecule has 0 bridgehead atoms. The second-order valence-corrected chi connectivity index (χ2v) is 6.63. The van der Waals surface area contributed by atoms with Gasteiger partial charge in [0.1, 0.15) is 12.4 Å². The molecule has 3 aromatic rings. The third kappa shape index (κ3) is 4.44. The summed E-state index contributed by atoms with van der Waals surface area (Å²) >= 11 is 1.55. The topological polar surface area (TPSA) is 77.3 Å². The van der Waals surface area contributed by atoms with E-state index in [9.17, 15) is 10.1 Å². The van der Waals surface area contributed by atoms with Crippen LogP contribution in [0.1, 0.15) is 10.6 Å². The number of nitro benzene ring substituents is 1. The van der Waals surface area contributed by atoms with Crippen LogP contribution in [0.2, 0.25) is 0 Å². The molecule has 0 aliphatic heterocycles. The van der Waals surface area contributed by atoms with E-state index < -0.39 is 4.92 Å². The Bertz CT molecular complexity index is 881. The van der Waals surface area contributed by atoms with Gasteiger partial charge in [-0.05, 0) is 18.7 Å². The summed E-state index contributed by atoms with van der Waals surface area (Å²) in [5.41, 5.74) is 2.40. The quantitative estimate of drug-likeness (QED) is 0.479. The van der Waals surface area contributed by atoms with Crippen molar-refractivity contribution < 1.29 is 9.66 Å². The number of hydrogen-bond donors (Lipinski definition) is 1. The van der Waals surface area contributed by atoms with Gasteiger partial charge in [-0.2, -0.15) is 0 Å². The van der Waals surface area contributed by atoms with Gasteiger partial charge in [0.05, 0.1) is 15.6 Å². The van der Waals surface area contributed by atoms with Gasteiger partial charge >= 0.3 is 0 Å². The third-order valence-corrected chi connectivity index (χ3v) is 4.74. The van der Waals surface area contributed by atoms with Crippen LogP contribution in [0.4, 0.5) is 5.69 Å². The van der Waals surface area contributed by atoms with Crippen molar-refractivity contribution in [2.24, 2.45) is 0 Å². The second kappa shape index (κ2) is 8.55. The van der Waals surface area contributed by atoms with Crippen LogP contribution in [-0.2, 0) is 13.0 Å². The highest BCUT2D eigenvalue weighted by molar-refractivity contribution is 7.09. The minimum Gasteiger partial charge on any atom is -0.488 e. The number of ether oxygens (including phenoxy) is 1. The molecule has 0 saturated carbocycles. The second-order valence-electron chi connectivity index (χ2n) is 5.69. The minimum absolute atomic E-state index is 0.0248. The fourth-order valence-corrected chi connectivity index (χ4v) is 3.27. The van der Waals surface area contributed by atoms with Crippen molar-refractivity contribution in [2.75, 3.05) is 13.6 Å². The summed E-state index contributed by atoms with van der Waals surface area (Å²) in [6, 6.07) is 14.4. The van der Waals surface area contributed by atoms with Gasteiger partial charge < -0.3 is 10.1 Å². The summed E-state index contributed by atoms with van der Waals surface area (Å²) in [7, 11) is 1.89. The van der Waals surface area contributed by atoms with Crippen molar-refractivity contribution in [1.82, 2.24) is 10.3 Å². The lowest BCUT2D eigenvalue weighted by atomic mass is 10.1. The predicted octanol–water partition coefficient (Wildman–Crippen LogP) is 4.06.